The zero-order chi connectivity index (χ0) is 25.7. The van der Waals surface area contributed by atoms with Crippen molar-refractivity contribution in [2.45, 2.75) is 30.8 Å². The molecule has 3 aromatic rings. The predicted octanol–water partition coefficient (Wildman–Crippen LogP) is 3.60. The molecule has 8 nitrogen and oxygen atoms in total. The zero-order valence-corrected chi connectivity index (χ0v) is 20.5. The second-order valence-corrected chi connectivity index (χ2v) is 10.2. The van der Waals surface area contributed by atoms with Gasteiger partial charge in [0.25, 0.3) is 10.0 Å². The summed E-state index contributed by atoms with van der Waals surface area (Å²) in [7, 11) is -4.14. The molecule has 0 saturated heterocycles. The van der Waals surface area contributed by atoms with Gasteiger partial charge in [-0.25, -0.2) is 12.8 Å². The number of anilines is 3. The van der Waals surface area contributed by atoms with Crippen molar-refractivity contribution in [3.05, 3.63) is 83.9 Å². The molecule has 1 atom stereocenters. The van der Waals surface area contributed by atoms with E-state index in [2.05, 4.69) is 16.0 Å². The van der Waals surface area contributed by atoms with E-state index in [1.807, 2.05) is 6.92 Å². The third kappa shape index (κ3) is 5.49. The van der Waals surface area contributed by atoms with Gasteiger partial charge < -0.3 is 16.0 Å². The molecule has 0 aliphatic carbocycles. The Kier molecular flexibility index (Phi) is 7.54. The molecule has 1 heterocycles. The highest BCUT2D eigenvalue weighted by atomic mass is 32.2. The molecule has 0 bridgehead atoms. The average Bonchev–Trinajstić information content (AvgIpc) is 2.87. The molecule has 2 amide bonds. The van der Waals surface area contributed by atoms with E-state index in [0.29, 0.717) is 11.4 Å². The van der Waals surface area contributed by atoms with Gasteiger partial charge in [-0.05, 0) is 48.9 Å². The summed E-state index contributed by atoms with van der Waals surface area (Å²) in [4.78, 5) is 25.9. The summed E-state index contributed by atoms with van der Waals surface area (Å²) in [6.07, 6.45) is -0.360. The molecule has 0 saturated carbocycles. The number of sulfonamides is 1. The maximum atomic E-state index is 13.7. The number of hydrogen-bond donors (Lipinski definition) is 3. The number of alkyl halides is 1. The first-order valence-electron chi connectivity index (χ1n) is 11.5. The number of nitrogens with one attached hydrogen (secondary N) is 3. The number of amides is 2. The Balaban J connectivity index is 1.54. The molecule has 1 aliphatic rings. The first-order valence-corrected chi connectivity index (χ1v) is 12.9. The normalized spacial score (nSPS) is 15.1. The molecule has 3 aromatic carbocycles. The van der Waals surface area contributed by atoms with Gasteiger partial charge in [0.1, 0.15) is 12.7 Å². The molecule has 10 heteroatoms. The average molecular weight is 511 g/mol. The SMILES string of the molecule is Cc1ccc(S(=O)(=O)N2c3ccccc3NC(=O)[C@H]2CC(=O)NCc2ccc(NCCF)cc2)cc1. The number of fused-ring (bicyclic) bond motifs is 1. The lowest BCUT2D eigenvalue weighted by Crippen LogP contribution is -2.52. The van der Waals surface area contributed by atoms with Crippen molar-refractivity contribution in [2.75, 3.05) is 28.2 Å². The molecule has 0 fully saturated rings. The number of aryl methyl sites for hydroxylation is 1. The Morgan fingerprint density at radius 2 is 1.72 bits per heavy atom. The fourth-order valence-electron chi connectivity index (χ4n) is 3.94. The van der Waals surface area contributed by atoms with E-state index in [4.69, 9.17) is 0 Å². The lowest BCUT2D eigenvalue weighted by atomic mass is 10.1. The van der Waals surface area contributed by atoms with Crippen LogP contribution in [0.5, 0.6) is 0 Å². The maximum Gasteiger partial charge on any atom is 0.265 e. The van der Waals surface area contributed by atoms with Gasteiger partial charge in [0.15, 0.2) is 0 Å². The van der Waals surface area contributed by atoms with Gasteiger partial charge in [-0.1, -0.05) is 42.0 Å². The standard InChI is InChI=1S/C26H27FN4O4S/c1-18-6-12-21(13-7-18)36(34,35)31-23-5-3-2-4-22(23)30-26(33)24(31)16-25(32)29-17-19-8-10-20(11-9-19)28-15-14-27/h2-13,24,28H,14-17H2,1H3,(H,29,32)(H,30,33)/t24-/m1/s1. The molecule has 0 spiro atoms. The number of carbonyl (C=O) groups excluding carboxylic acids is 2. The summed E-state index contributed by atoms with van der Waals surface area (Å²) in [5.41, 5.74) is 3.12. The van der Waals surface area contributed by atoms with Crippen molar-refractivity contribution in [2.24, 2.45) is 0 Å². The van der Waals surface area contributed by atoms with E-state index in [1.165, 1.54) is 12.1 Å². The van der Waals surface area contributed by atoms with Crippen molar-refractivity contribution in [3.63, 3.8) is 0 Å². The van der Waals surface area contributed by atoms with E-state index in [-0.39, 0.29) is 24.4 Å². The van der Waals surface area contributed by atoms with Crippen LogP contribution in [-0.4, -0.2) is 39.5 Å². The number of hydrogen-bond acceptors (Lipinski definition) is 5. The van der Waals surface area contributed by atoms with E-state index in [9.17, 15) is 22.4 Å². The topological polar surface area (TPSA) is 108 Å². The molecule has 4 rings (SSSR count). The summed E-state index contributed by atoms with van der Waals surface area (Å²) < 4.78 is 40.7. The quantitative estimate of drug-likeness (QED) is 0.408. The molecule has 0 aromatic heterocycles. The number of rotatable bonds is 9. The number of benzene rings is 3. The molecule has 3 N–H and O–H groups in total. The van der Waals surface area contributed by atoms with Crippen LogP contribution < -0.4 is 20.3 Å². The van der Waals surface area contributed by atoms with Crippen LogP contribution in [-0.2, 0) is 26.2 Å². The van der Waals surface area contributed by atoms with Gasteiger partial charge in [0.05, 0.1) is 22.7 Å². The molecular weight excluding hydrogens is 483 g/mol. The van der Waals surface area contributed by atoms with Gasteiger partial charge in [-0.15, -0.1) is 0 Å². The smallest absolute Gasteiger partial charge is 0.265 e. The first kappa shape index (κ1) is 25.2. The number of nitrogens with zero attached hydrogens (tertiary/aromatic N) is 1. The Labute approximate surface area is 209 Å². The van der Waals surface area contributed by atoms with Gasteiger partial charge in [-0.2, -0.15) is 0 Å². The molecule has 188 valence electrons. The van der Waals surface area contributed by atoms with Gasteiger partial charge >= 0.3 is 0 Å². The van der Waals surface area contributed by atoms with Gasteiger partial charge in [0, 0.05) is 18.8 Å². The first-order chi connectivity index (χ1) is 17.3. The summed E-state index contributed by atoms with van der Waals surface area (Å²) in [6.45, 7) is 1.78. The Bertz CT molecular complexity index is 1350. The van der Waals surface area contributed by atoms with Crippen LogP contribution in [0.15, 0.2) is 77.7 Å². The minimum absolute atomic E-state index is 0.0319. The van der Waals surface area contributed by atoms with Crippen LogP contribution in [0.2, 0.25) is 0 Å². The van der Waals surface area contributed by atoms with Gasteiger partial charge in [0.2, 0.25) is 11.8 Å². The molecule has 0 unspecified atom stereocenters. The highest BCUT2D eigenvalue weighted by Crippen LogP contribution is 2.37. The van der Waals surface area contributed by atoms with Crippen LogP contribution >= 0.6 is 0 Å². The molecular formula is C26H27FN4O4S. The van der Waals surface area contributed by atoms with Crippen LogP contribution in [0.25, 0.3) is 0 Å². The van der Waals surface area contributed by atoms with E-state index < -0.39 is 34.6 Å². The number of carbonyl (C=O) groups is 2. The summed E-state index contributed by atoms with van der Waals surface area (Å²) >= 11 is 0. The minimum atomic E-state index is -4.14. The van der Waals surface area contributed by atoms with Crippen molar-refractivity contribution in [3.8, 4) is 0 Å². The highest BCUT2D eigenvalue weighted by Gasteiger charge is 2.41. The van der Waals surface area contributed by atoms with Crippen LogP contribution in [0.1, 0.15) is 17.5 Å². The van der Waals surface area contributed by atoms with Crippen LogP contribution in [0.3, 0.4) is 0 Å². The third-order valence-electron chi connectivity index (χ3n) is 5.81. The van der Waals surface area contributed by atoms with E-state index in [1.54, 1.807) is 60.7 Å². The van der Waals surface area contributed by atoms with Crippen molar-refractivity contribution < 1.29 is 22.4 Å². The van der Waals surface area contributed by atoms with Crippen molar-refractivity contribution in [1.29, 1.82) is 0 Å². The molecule has 1 aliphatic heterocycles. The van der Waals surface area contributed by atoms with E-state index in [0.717, 1.165) is 21.1 Å². The van der Waals surface area contributed by atoms with Gasteiger partial charge in [-0.3, -0.25) is 13.9 Å². The monoisotopic (exact) mass is 510 g/mol. The Hall–Kier alpha value is -3.92. The summed E-state index contributed by atoms with van der Waals surface area (Å²) in [5, 5.41) is 8.39. The number of halogens is 1. The fraction of sp³-hybridized carbons (Fsp3) is 0.231. The lowest BCUT2D eigenvalue weighted by molar-refractivity contribution is -0.125. The Morgan fingerprint density at radius 1 is 1.03 bits per heavy atom. The molecule has 36 heavy (non-hydrogen) atoms. The van der Waals surface area contributed by atoms with Crippen molar-refractivity contribution >= 4 is 38.9 Å². The predicted molar refractivity (Wildman–Crippen MR) is 137 cm³/mol. The Morgan fingerprint density at radius 3 is 2.42 bits per heavy atom. The lowest BCUT2D eigenvalue weighted by Gasteiger charge is -2.36. The van der Waals surface area contributed by atoms with Crippen LogP contribution in [0.4, 0.5) is 21.5 Å². The van der Waals surface area contributed by atoms with E-state index >= 15 is 0 Å². The third-order valence-corrected chi connectivity index (χ3v) is 7.65. The zero-order valence-electron chi connectivity index (χ0n) is 19.7. The summed E-state index contributed by atoms with van der Waals surface area (Å²) in [6, 6.07) is 18.8. The highest BCUT2D eigenvalue weighted by molar-refractivity contribution is 7.93. The van der Waals surface area contributed by atoms with Crippen LogP contribution in [0, 0.1) is 6.92 Å². The number of para-hydroxylation sites is 2. The second kappa shape index (κ2) is 10.8. The largest absolute Gasteiger partial charge is 0.382 e. The fourth-order valence-corrected chi connectivity index (χ4v) is 5.57. The minimum Gasteiger partial charge on any atom is -0.382 e. The van der Waals surface area contributed by atoms with Crippen molar-refractivity contribution in [1.82, 2.24) is 5.32 Å². The summed E-state index contributed by atoms with van der Waals surface area (Å²) in [5.74, 6) is -1.05. The molecule has 0 radical (unpaired) electrons. The second-order valence-electron chi connectivity index (χ2n) is 8.43. The maximum absolute atomic E-state index is 13.7.